The van der Waals surface area contributed by atoms with Gasteiger partial charge in [0.05, 0.1) is 0 Å². The van der Waals surface area contributed by atoms with E-state index in [9.17, 15) is 0 Å². The summed E-state index contributed by atoms with van der Waals surface area (Å²) in [4.78, 5) is 0. The predicted octanol–water partition coefficient (Wildman–Crippen LogP) is 3.01. The molecular weight excluding hydrogens is 296 g/mol. The lowest BCUT2D eigenvalue weighted by molar-refractivity contribution is 0.353. The van der Waals surface area contributed by atoms with E-state index in [0.717, 1.165) is 24.3 Å². The lowest BCUT2D eigenvalue weighted by atomic mass is 10.4. The summed E-state index contributed by atoms with van der Waals surface area (Å²) >= 11 is 0. The molecule has 2 atom stereocenters. The second-order valence-electron chi connectivity index (χ2n) is 4.75. The first-order valence-electron chi connectivity index (χ1n) is 7.10. The van der Waals surface area contributed by atoms with Gasteiger partial charge in [0, 0.05) is 24.7 Å². The van der Waals surface area contributed by atoms with E-state index in [-0.39, 0.29) is 19.5 Å². The molecule has 0 rings (SSSR count). The molecule has 0 amide bonds. The Morgan fingerprint density at radius 2 is 1.22 bits per heavy atom. The molecule has 0 saturated heterocycles. The third-order valence-corrected chi connectivity index (χ3v) is 8.40. The highest BCUT2D eigenvalue weighted by Crippen LogP contribution is 2.27. The Bertz CT molecular complexity index is 158. The first-order chi connectivity index (χ1) is 8.70. The van der Waals surface area contributed by atoms with Gasteiger partial charge in [-0.15, -0.1) is 0 Å². The van der Waals surface area contributed by atoms with Crippen LogP contribution in [0.15, 0.2) is 0 Å². The van der Waals surface area contributed by atoms with E-state index in [0.29, 0.717) is 0 Å². The van der Waals surface area contributed by atoms with Gasteiger partial charge in [-0.3, -0.25) is 0 Å². The molecule has 0 aliphatic heterocycles. The Hall–Kier alpha value is 1.05. The molecular formula is C12H30O2S2Si2. The molecule has 0 heterocycles. The number of hydrogen-bond acceptors (Lipinski definition) is 4. The fraction of sp³-hybridized carbons (Fsp3) is 1.00. The van der Waals surface area contributed by atoms with E-state index in [1.165, 1.54) is 24.3 Å². The summed E-state index contributed by atoms with van der Waals surface area (Å²) in [6.45, 7) is 10.7. The fourth-order valence-electron chi connectivity index (χ4n) is 1.42. The van der Waals surface area contributed by atoms with Crippen LogP contribution in [0.3, 0.4) is 0 Å². The highest BCUT2D eigenvalue weighted by molar-refractivity contribution is 8.76. The van der Waals surface area contributed by atoms with Crippen molar-refractivity contribution in [1.29, 1.82) is 0 Å². The van der Waals surface area contributed by atoms with E-state index in [1.807, 2.05) is 21.6 Å². The Balaban J connectivity index is 3.19. The molecule has 0 spiro atoms. The van der Waals surface area contributed by atoms with Gasteiger partial charge in [0.25, 0.3) is 0 Å². The van der Waals surface area contributed by atoms with Crippen LogP contribution in [0.5, 0.6) is 0 Å². The zero-order valence-electron chi connectivity index (χ0n) is 12.4. The zero-order chi connectivity index (χ0) is 13.6. The molecule has 0 aromatic rings. The van der Waals surface area contributed by atoms with Crippen molar-refractivity contribution in [3.63, 3.8) is 0 Å². The summed E-state index contributed by atoms with van der Waals surface area (Å²) in [7, 11) is 3.56. The van der Waals surface area contributed by atoms with Crippen molar-refractivity contribution in [3.8, 4) is 0 Å². The summed E-state index contributed by atoms with van der Waals surface area (Å²) in [5.74, 6) is 2.56. The second kappa shape index (κ2) is 14.5. The van der Waals surface area contributed by atoms with Gasteiger partial charge < -0.3 is 8.85 Å². The van der Waals surface area contributed by atoms with E-state index in [1.54, 1.807) is 0 Å². The molecule has 110 valence electrons. The van der Waals surface area contributed by atoms with Crippen molar-refractivity contribution in [2.75, 3.05) is 24.7 Å². The van der Waals surface area contributed by atoms with Crippen LogP contribution < -0.4 is 0 Å². The minimum absolute atomic E-state index is 0.260. The second-order valence-corrected chi connectivity index (χ2v) is 11.7. The average molecular weight is 327 g/mol. The van der Waals surface area contributed by atoms with Crippen molar-refractivity contribution in [2.24, 2.45) is 0 Å². The average Bonchev–Trinajstić information content (AvgIpc) is 2.37. The largest absolute Gasteiger partial charge is 0.424 e. The Labute approximate surface area is 126 Å². The smallest absolute Gasteiger partial charge is 0.164 e. The van der Waals surface area contributed by atoms with Gasteiger partial charge in [-0.1, -0.05) is 35.4 Å². The zero-order valence-corrected chi connectivity index (χ0v) is 16.9. The van der Waals surface area contributed by atoms with E-state index in [4.69, 9.17) is 8.85 Å². The normalized spacial score (nSPS) is 16.0. The molecule has 0 saturated carbocycles. The molecule has 0 fully saturated rings. The standard InChI is InChI=1S/C12H30O2S2Si2/c1-5-13-17-11(3)7-9-15-16-10-8-12(4)18-14-6-2/h11-12H,5-10,17-18H2,1-4H3. The molecule has 0 radical (unpaired) electrons. The van der Waals surface area contributed by atoms with Crippen LogP contribution in [0, 0.1) is 0 Å². The predicted molar refractivity (Wildman–Crippen MR) is 93.3 cm³/mol. The van der Waals surface area contributed by atoms with Crippen LogP contribution >= 0.6 is 21.6 Å². The molecule has 0 aliphatic rings. The monoisotopic (exact) mass is 326 g/mol. The highest BCUT2D eigenvalue weighted by Gasteiger charge is 2.05. The molecule has 0 bridgehead atoms. The van der Waals surface area contributed by atoms with Crippen LogP contribution in [0.2, 0.25) is 11.1 Å². The van der Waals surface area contributed by atoms with Crippen molar-refractivity contribution in [2.45, 2.75) is 51.6 Å². The SMILES string of the molecule is CCO[SiH2]C(C)CCSSCCC(C)[SiH2]OCC. The Morgan fingerprint density at radius 1 is 0.833 bits per heavy atom. The molecule has 6 heteroatoms. The van der Waals surface area contributed by atoms with Gasteiger partial charge in [0.1, 0.15) is 0 Å². The van der Waals surface area contributed by atoms with Gasteiger partial charge in [0.15, 0.2) is 19.5 Å². The summed E-state index contributed by atoms with van der Waals surface area (Å²) in [6.07, 6.45) is 2.65. The Kier molecular flexibility index (Phi) is 15.3. The van der Waals surface area contributed by atoms with Crippen molar-refractivity contribution in [3.05, 3.63) is 0 Å². The minimum atomic E-state index is -0.260. The van der Waals surface area contributed by atoms with Crippen LogP contribution in [-0.2, 0) is 8.85 Å². The van der Waals surface area contributed by atoms with E-state index < -0.39 is 0 Å². The third kappa shape index (κ3) is 13.5. The van der Waals surface area contributed by atoms with Gasteiger partial charge in [-0.05, 0) is 37.8 Å². The first-order valence-corrected chi connectivity index (χ1v) is 12.4. The van der Waals surface area contributed by atoms with Gasteiger partial charge in [-0.25, -0.2) is 0 Å². The molecule has 0 aromatic heterocycles. The third-order valence-electron chi connectivity index (χ3n) is 2.68. The van der Waals surface area contributed by atoms with Crippen LogP contribution in [0.4, 0.5) is 0 Å². The molecule has 0 N–H and O–H groups in total. The number of rotatable bonds is 13. The summed E-state index contributed by atoms with van der Waals surface area (Å²) < 4.78 is 11.1. The summed E-state index contributed by atoms with van der Waals surface area (Å²) in [5.41, 5.74) is 1.67. The van der Waals surface area contributed by atoms with Crippen LogP contribution in [0.25, 0.3) is 0 Å². The molecule has 2 nitrogen and oxygen atoms in total. The molecule has 2 unspecified atom stereocenters. The van der Waals surface area contributed by atoms with Gasteiger partial charge in [-0.2, -0.15) is 0 Å². The summed E-state index contributed by atoms with van der Waals surface area (Å²) in [5, 5.41) is 0. The van der Waals surface area contributed by atoms with Crippen molar-refractivity contribution >= 4 is 41.1 Å². The summed E-state index contributed by atoms with van der Waals surface area (Å²) in [6, 6.07) is 0. The molecule has 0 aromatic carbocycles. The lowest BCUT2D eigenvalue weighted by Gasteiger charge is -2.11. The fourth-order valence-corrected chi connectivity index (χ4v) is 6.55. The maximum absolute atomic E-state index is 5.56. The minimum Gasteiger partial charge on any atom is -0.424 e. The maximum atomic E-state index is 5.56. The van der Waals surface area contributed by atoms with Crippen LogP contribution in [-0.4, -0.2) is 44.2 Å². The Morgan fingerprint density at radius 3 is 1.56 bits per heavy atom. The van der Waals surface area contributed by atoms with Crippen LogP contribution in [0.1, 0.15) is 40.5 Å². The van der Waals surface area contributed by atoms with Crippen molar-refractivity contribution < 1.29 is 8.85 Å². The first kappa shape index (κ1) is 19.1. The maximum Gasteiger partial charge on any atom is 0.164 e. The molecule has 18 heavy (non-hydrogen) atoms. The highest BCUT2D eigenvalue weighted by atomic mass is 33.1. The topological polar surface area (TPSA) is 18.5 Å². The van der Waals surface area contributed by atoms with E-state index >= 15 is 0 Å². The molecule has 0 aliphatic carbocycles. The van der Waals surface area contributed by atoms with Crippen molar-refractivity contribution in [1.82, 2.24) is 0 Å². The lowest BCUT2D eigenvalue weighted by Crippen LogP contribution is -2.06. The number of hydrogen-bond donors (Lipinski definition) is 0. The van der Waals surface area contributed by atoms with Gasteiger partial charge in [0.2, 0.25) is 0 Å². The van der Waals surface area contributed by atoms with E-state index in [2.05, 4.69) is 27.7 Å². The quantitative estimate of drug-likeness (QED) is 0.294. The van der Waals surface area contributed by atoms with Gasteiger partial charge >= 0.3 is 0 Å².